The average molecular weight is 373 g/mol. The maximum Gasteiger partial charge on any atom is 0.311 e. The number of hydrogen-bond acceptors (Lipinski definition) is 4. The van der Waals surface area contributed by atoms with E-state index >= 15 is 0 Å². The van der Waals surface area contributed by atoms with E-state index in [0.717, 1.165) is 6.42 Å². The summed E-state index contributed by atoms with van der Waals surface area (Å²) in [5.41, 5.74) is 0. The maximum atomic E-state index is 12.7. The van der Waals surface area contributed by atoms with Crippen molar-refractivity contribution in [1.82, 2.24) is 0 Å². The Kier molecular flexibility index (Phi) is 9.59. The monoisotopic (exact) mass is 372 g/mol. The SMILES string of the molecule is CCC(=O)[C@H](C)[C@H](CC)OC(=O)[C@@H](C)[C@H](CC)O[Si](C)(C)C(C)(C)C. The van der Waals surface area contributed by atoms with Crippen LogP contribution in [0.3, 0.4) is 0 Å². The van der Waals surface area contributed by atoms with Crippen LogP contribution in [0, 0.1) is 11.8 Å². The van der Waals surface area contributed by atoms with E-state index in [4.69, 9.17) is 9.16 Å². The van der Waals surface area contributed by atoms with E-state index in [0.29, 0.717) is 12.8 Å². The van der Waals surface area contributed by atoms with Crippen molar-refractivity contribution < 1.29 is 18.8 Å². The lowest BCUT2D eigenvalue weighted by molar-refractivity contribution is -0.160. The molecule has 0 aromatic carbocycles. The second kappa shape index (κ2) is 9.86. The van der Waals surface area contributed by atoms with Gasteiger partial charge in [0.25, 0.3) is 0 Å². The largest absolute Gasteiger partial charge is 0.461 e. The van der Waals surface area contributed by atoms with Gasteiger partial charge in [-0.25, -0.2) is 0 Å². The molecule has 0 amide bonds. The Morgan fingerprint density at radius 3 is 1.76 bits per heavy atom. The van der Waals surface area contributed by atoms with E-state index in [1.54, 1.807) is 0 Å². The van der Waals surface area contributed by atoms with Crippen LogP contribution >= 0.6 is 0 Å². The predicted molar refractivity (Wildman–Crippen MR) is 106 cm³/mol. The molecular weight excluding hydrogens is 332 g/mol. The zero-order valence-corrected chi connectivity index (χ0v) is 19.1. The van der Waals surface area contributed by atoms with Gasteiger partial charge in [0, 0.05) is 6.42 Å². The highest BCUT2D eigenvalue weighted by atomic mass is 28.4. The summed E-state index contributed by atoms with van der Waals surface area (Å²) in [5.74, 6) is -0.713. The number of rotatable bonds is 10. The van der Waals surface area contributed by atoms with E-state index in [9.17, 15) is 9.59 Å². The summed E-state index contributed by atoms with van der Waals surface area (Å²) in [7, 11) is -1.95. The van der Waals surface area contributed by atoms with Crippen molar-refractivity contribution in [3.8, 4) is 0 Å². The van der Waals surface area contributed by atoms with E-state index in [2.05, 4.69) is 33.9 Å². The highest BCUT2D eigenvalue weighted by Gasteiger charge is 2.41. The second-order valence-electron chi connectivity index (χ2n) is 8.61. The molecule has 0 fully saturated rings. The third-order valence-corrected chi connectivity index (χ3v) is 10.2. The van der Waals surface area contributed by atoms with Crippen LogP contribution in [0.2, 0.25) is 18.1 Å². The Morgan fingerprint density at radius 1 is 0.920 bits per heavy atom. The van der Waals surface area contributed by atoms with Gasteiger partial charge in [-0.15, -0.1) is 0 Å². The van der Waals surface area contributed by atoms with Gasteiger partial charge < -0.3 is 9.16 Å². The van der Waals surface area contributed by atoms with Gasteiger partial charge in [-0.05, 0) is 37.9 Å². The minimum atomic E-state index is -1.95. The molecular formula is C20H40O4Si. The number of ketones is 1. The van der Waals surface area contributed by atoms with Crippen molar-refractivity contribution in [1.29, 1.82) is 0 Å². The molecule has 0 aromatic rings. The first kappa shape index (κ1) is 24.3. The maximum absolute atomic E-state index is 12.7. The Bertz CT molecular complexity index is 439. The molecule has 0 saturated heterocycles. The summed E-state index contributed by atoms with van der Waals surface area (Å²) in [4.78, 5) is 24.6. The van der Waals surface area contributed by atoms with Gasteiger partial charge in [-0.3, -0.25) is 9.59 Å². The van der Waals surface area contributed by atoms with Crippen molar-refractivity contribution in [2.45, 2.75) is 105 Å². The molecule has 0 heterocycles. The van der Waals surface area contributed by atoms with Gasteiger partial charge in [0.2, 0.25) is 0 Å². The van der Waals surface area contributed by atoms with Gasteiger partial charge in [-0.2, -0.15) is 0 Å². The Labute approximate surface area is 156 Å². The van der Waals surface area contributed by atoms with E-state index in [-0.39, 0.29) is 40.8 Å². The third-order valence-electron chi connectivity index (χ3n) is 5.67. The van der Waals surface area contributed by atoms with Crippen LogP contribution in [0.1, 0.15) is 74.7 Å². The van der Waals surface area contributed by atoms with E-state index < -0.39 is 8.32 Å². The molecule has 148 valence electrons. The minimum absolute atomic E-state index is 0.0953. The fourth-order valence-electron chi connectivity index (χ4n) is 2.57. The van der Waals surface area contributed by atoms with Gasteiger partial charge >= 0.3 is 5.97 Å². The quantitative estimate of drug-likeness (QED) is 0.382. The molecule has 4 atom stereocenters. The molecule has 0 aromatic heterocycles. The molecule has 5 heteroatoms. The van der Waals surface area contributed by atoms with E-state index in [1.807, 2.05) is 34.6 Å². The van der Waals surface area contributed by atoms with Gasteiger partial charge in [0.05, 0.1) is 17.9 Å². The second-order valence-corrected chi connectivity index (χ2v) is 13.4. The summed E-state index contributed by atoms with van der Waals surface area (Å²) in [6, 6.07) is 0. The van der Waals surface area contributed by atoms with Crippen molar-refractivity contribution >= 4 is 20.1 Å². The Morgan fingerprint density at radius 2 is 1.40 bits per heavy atom. The zero-order chi connectivity index (χ0) is 20.0. The Balaban J connectivity index is 5.07. The first-order valence-electron chi connectivity index (χ1n) is 9.73. The molecule has 0 bridgehead atoms. The van der Waals surface area contributed by atoms with Gasteiger partial charge in [0.15, 0.2) is 8.32 Å². The van der Waals surface area contributed by atoms with Crippen molar-refractivity contribution in [2.24, 2.45) is 11.8 Å². The van der Waals surface area contributed by atoms with Crippen LogP contribution < -0.4 is 0 Å². The smallest absolute Gasteiger partial charge is 0.311 e. The lowest BCUT2D eigenvalue weighted by atomic mass is 9.95. The molecule has 4 nitrogen and oxygen atoms in total. The topological polar surface area (TPSA) is 52.6 Å². The summed E-state index contributed by atoms with van der Waals surface area (Å²) >= 11 is 0. The third kappa shape index (κ3) is 6.85. The molecule has 0 aliphatic carbocycles. The Hall–Kier alpha value is -0.683. The highest BCUT2D eigenvalue weighted by molar-refractivity contribution is 6.74. The standard InChI is InChI=1S/C20H40O4Si/c1-11-16(21)14(4)17(12-2)23-19(22)15(5)18(13-3)24-25(9,10)20(6,7)8/h14-15,17-18H,11-13H2,1-10H3/t14-,15-,17-,18-/m0/s1. The lowest BCUT2D eigenvalue weighted by Crippen LogP contribution is -2.47. The van der Waals surface area contributed by atoms with Crippen LogP contribution in [0.25, 0.3) is 0 Å². The molecule has 0 aliphatic heterocycles. The molecule has 0 N–H and O–H groups in total. The number of ether oxygens (including phenoxy) is 1. The number of carbonyl (C=O) groups excluding carboxylic acids is 2. The first-order chi connectivity index (χ1) is 11.3. The molecule has 0 radical (unpaired) electrons. The summed E-state index contributed by atoms with van der Waals surface area (Å²) in [5, 5.41) is 0.0953. The number of esters is 1. The molecule has 0 aliphatic rings. The molecule has 0 unspecified atom stereocenters. The van der Waals surface area contributed by atoms with Crippen LogP contribution in [0.4, 0.5) is 0 Å². The molecule has 0 rings (SSSR count). The van der Waals surface area contributed by atoms with Crippen molar-refractivity contribution in [2.75, 3.05) is 0 Å². The van der Waals surface area contributed by atoms with E-state index in [1.165, 1.54) is 0 Å². The molecule has 25 heavy (non-hydrogen) atoms. The highest BCUT2D eigenvalue weighted by Crippen LogP contribution is 2.38. The summed E-state index contributed by atoms with van der Waals surface area (Å²) < 4.78 is 12.2. The van der Waals surface area contributed by atoms with Crippen LogP contribution in [-0.4, -0.2) is 32.3 Å². The van der Waals surface area contributed by atoms with Gasteiger partial charge in [0.1, 0.15) is 11.9 Å². The lowest BCUT2D eigenvalue weighted by Gasteiger charge is -2.40. The first-order valence-corrected chi connectivity index (χ1v) is 12.6. The fraction of sp³-hybridized carbons (Fsp3) is 0.900. The molecule has 0 spiro atoms. The molecule has 0 saturated carbocycles. The van der Waals surface area contributed by atoms with Crippen LogP contribution in [0.5, 0.6) is 0 Å². The predicted octanol–water partition coefficient (Wildman–Crippen LogP) is 5.36. The van der Waals surface area contributed by atoms with Crippen molar-refractivity contribution in [3.63, 3.8) is 0 Å². The average Bonchev–Trinajstić information content (AvgIpc) is 2.53. The normalized spacial score (nSPS) is 17.5. The van der Waals surface area contributed by atoms with Gasteiger partial charge in [-0.1, -0.05) is 48.5 Å². The van der Waals surface area contributed by atoms with Crippen LogP contribution in [0.15, 0.2) is 0 Å². The summed E-state index contributed by atoms with van der Waals surface area (Å²) in [6.45, 7) is 20.5. The summed E-state index contributed by atoms with van der Waals surface area (Å²) in [6.07, 6.45) is 1.38. The fourth-order valence-corrected chi connectivity index (χ4v) is 4.05. The minimum Gasteiger partial charge on any atom is -0.461 e. The number of hydrogen-bond donors (Lipinski definition) is 0. The number of Topliss-reactive ketones (excluding diaryl/α,β-unsaturated/α-hetero) is 1. The van der Waals surface area contributed by atoms with Crippen LogP contribution in [-0.2, 0) is 18.8 Å². The number of carbonyl (C=O) groups is 2. The zero-order valence-electron chi connectivity index (χ0n) is 18.1. The van der Waals surface area contributed by atoms with Crippen molar-refractivity contribution in [3.05, 3.63) is 0 Å².